The van der Waals surface area contributed by atoms with Crippen LogP contribution in [-0.2, 0) is 6.54 Å². The van der Waals surface area contributed by atoms with Gasteiger partial charge >= 0.3 is 0 Å². The minimum absolute atomic E-state index is 0.0780. The predicted molar refractivity (Wildman–Crippen MR) is 62.8 cm³/mol. The Labute approximate surface area is 103 Å². The van der Waals surface area contributed by atoms with E-state index in [-0.39, 0.29) is 17.5 Å². The van der Waals surface area contributed by atoms with Gasteiger partial charge in [-0.1, -0.05) is 18.2 Å². The van der Waals surface area contributed by atoms with Crippen LogP contribution in [-0.4, -0.2) is 21.4 Å². The van der Waals surface area contributed by atoms with Gasteiger partial charge in [0.05, 0.1) is 24.2 Å². The first-order chi connectivity index (χ1) is 8.20. The molecule has 0 fully saturated rings. The molecule has 1 aromatic heterocycles. The van der Waals surface area contributed by atoms with Crippen LogP contribution in [0, 0.1) is 5.82 Å². The number of ketones is 1. The smallest absolute Gasteiger partial charge is 0.180 e. The van der Waals surface area contributed by atoms with E-state index in [2.05, 4.69) is 5.10 Å². The fourth-order valence-electron chi connectivity index (χ4n) is 1.47. The summed E-state index contributed by atoms with van der Waals surface area (Å²) in [4.78, 5) is 11.3. The number of nitrogens with zero attached hydrogens (tertiary/aromatic N) is 2. The lowest BCUT2D eigenvalue weighted by molar-refractivity contribution is 0.102. The molecule has 88 valence electrons. The second-order valence-electron chi connectivity index (χ2n) is 3.57. The van der Waals surface area contributed by atoms with Gasteiger partial charge in [0.15, 0.2) is 5.78 Å². The quantitative estimate of drug-likeness (QED) is 0.619. The van der Waals surface area contributed by atoms with E-state index in [4.69, 9.17) is 11.6 Å². The number of carbonyl (C=O) groups is 1. The number of carbonyl (C=O) groups excluding carboxylic acids is 1. The lowest BCUT2D eigenvalue weighted by atomic mass is 10.2. The van der Waals surface area contributed by atoms with E-state index in [1.54, 1.807) is 24.4 Å². The number of alkyl halides is 1. The van der Waals surface area contributed by atoms with Crippen LogP contribution in [0.15, 0.2) is 36.7 Å². The van der Waals surface area contributed by atoms with E-state index >= 15 is 0 Å². The maximum Gasteiger partial charge on any atom is 0.180 e. The molecule has 0 saturated carbocycles. The molecule has 17 heavy (non-hydrogen) atoms. The van der Waals surface area contributed by atoms with Crippen molar-refractivity contribution in [1.82, 2.24) is 9.78 Å². The maximum atomic E-state index is 13.4. The number of hydrogen-bond donors (Lipinski definition) is 0. The number of aromatic nitrogens is 2. The first-order valence-electron chi connectivity index (χ1n) is 5.05. The van der Waals surface area contributed by atoms with Crippen molar-refractivity contribution in [2.24, 2.45) is 0 Å². The van der Waals surface area contributed by atoms with E-state index in [1.165, 1.54) is 16.9 Å². The van der Waals surface area contributed by atoms with E-state index in [9.17, 15) is 9.18 Å². The molecule has 0 aliphatic heterocycles. The molecule has 0 unspecified atom stereocenters. The summed E-state index contributed by atoms with van der Waals surface area (Å²) in [6.45, 7) is 0.294. The van der Waals surface area contributed by atoms with Gasteiger partial charge in [-0.05, 0) is 6.07 Å². The fraction of sp³-hybridized carbons (Fsp3) is 0.167. The van der Waals surface area contributed by atoms with Gasteiger partial charge in [-0.15, -0.1) is 11.6 Å². The SMILES string of the molecule is O=C(CCl)c1cnn(Cc2ccccc2F)c1. The van der Waals surface area contributed by atoms with Gasteiger partial charge in [-0.2, -0.15) is 5.10 Å². The molecule has 0 saturated heterocycles. The molecule has 3 nitrogen and oxygen atoms in total. The van der Waals surface area contributed by atoms with Crippen molar-refractivity contribution in [3.05, 3.63) is 53.6 Å². The maximum absolute atomic E-state index is 13.4. The van der Waals surface area contributed by atoms with Gasteiger partial charge < -0.3 is 0 Å². The Kier molecular flexibility index (Phi) is 3.54. The van der Waals surface area contributed by atoms with Crippen molar-refractivity contribution in [2.45, 2.75) is 6.54 Å². The van der Waals surface area contributed by atoms with Crippen LogP contribution in [0.4, 0.5) is 4.39 Å². The largest absolute Gasteiger partial charge is 0.293 e. The van der Waals surface area contributed by atoms with Crippen LogP contribution in [0.3, 0.4) is 0 Å². The van der Waals surface area contributed by atoms with Crippen molar-refractivity contribution < 1.29 is 9.18 Å². The molecule has 0 bridgehead atoms. The highest BCUT2D eigenvalue weighted by Gasteiger charge is 2.08. The Morgan fingerprint density at radius 3 is 2.88 bits per heavy atom. The third kappa shape index (κ3) is 2.71. The Morgan fingerprint density at radius 1 is 1.41 bits per heavy atom. The van der Waals surface area contributed by atoms with Crippen molar-refractivity contribution in [1.29, 1.82) is 0 Å². The molecule has 2 rings (SSSR count). The summed E-state index contributed by atoms with van der Waals surface area (Å²) in [6, 6.07) is 6.46. The Balaban J connectivity index is 2.17. The summed E-state index contributed by atoms with van der Waals surface area (Å²) in [7, 11) is 0. The third-order valence-corrected chi connectivity index (χ3v) is 2.61. The zero-order valence-electron chi connectivity index (χ0n) is 8.94. The van der Waals surface area contributed by atoms with Crippen LogP contribution in [0.1, 0.15) is 15.9 Å². The van der Waals surface area contributed by atoms with Gasteiger partial charge in [-0.3, -0.25) is 9.48 Å². The van der Waals surface area contributed by atoms with Crippen LogP contribution in [0.2, 0.25) is 0 Å². The molecule has 0 spiro atoms. The summed E-state index contributed by atoms with van der Waals surface area (Å²) in [5.41, 5.74) is 0.969. The van der Waals surface area contributed by atoms with Crippen molar-refractivity contribution >= 4 is 17.4 Å². The molecule has 0 aliphatic rings. The topological polar surface area (TPSA) is 34.9 Å². The van der Waals surface area contributed by atoms with Gasteiger partial charge in [0.2, 0.25) is 0 Å². The summed E-state index contributed by atoms with van der Waals surface area (Å²) in [6.07, 6.45) is 3.00. The predicted octanol–water partition coefficient (Wildman–Crippen LogP) is 2.49. The first-order valence-corrected chi connectivity index (χ1v) is 5.59. The Bertz CT molecular complexity index is 539. The summed E-state index contributed by atoms with van der Waals surface area (Å²) < 4.78 is 14.9. The lowest BCUT2D eigenvalue weighted by Gasteiger charge is -2.02. The zero-order chi connectivity index (χ0) is 12.3. The van der Waals surface area contributed by atoms with Gasteiger partial charge in [-0.25, -0.2) is 4.39 Å². The van der Waals surface area contributed by atoms with Crippen LogP contribution >= 0.6 is 11.6 Å². The molecule has 0 atom stereocenters. The van der Waals surface area contributed by atoms with Crippen molar-refractivity contribution in [3.8, 4) is 0 Å². The highest BCUT2D eigenvalue weighted by Crippen LogP contribution is 2.09. The van der Waals surface area contributed by atoms with Gasteiger partial charge in [0.25, 0.3) is 0 Å². The second-order valence-corrected chi connectivity index (χ2v) is 3.84. The fourth-order valence-corrected chi connectivity index (χ4v) is 1.63. The van der Waals surface area contributed by atoms with Crippen LogP contribution in [0.25, 0.3) is 0 Å². The van der Waals surface area contributed by atoms with Gasteiger partial charge in [0, 0.05) is 11.8 Å². The Hall–Kier alpha value is -1.68. The third-order valence-electron chi connectivity index (χ3n) is 2.37. The number of benzene rings is 1. The molecule has 0 aliphatic carbocycles. The van der Waals surface area contributed by atoms with Crippen LogP contribution in [0.5, 0.6) is 0 Å². The van der Waals surface area contributed by atoms with Gasteiger partial charge in [0.1, 0.15) is 5.82 Å². The number of rotatable bonds is 4. The highest BCUT2D eigenvalue weighted by molar-refractivity contribution is 6.30. The van der Waals surface area contributed by atoms with Crippen molar-refractivity contribution in [2.75, 3.05) is 5.88 Å². The molecule has 0 radical (unpaired) electrons. The Morgan fingerprint density at radius 2 is 2.18 bits per heavy atom. The van der Waals surface area contributed by atoms with E-state index in [1.807, 2.05) is 0 Å². The standard InChI is InChI=1S/C12H10ClFN2O/c13-5-12(17)10-6-15-16(8-10)7-9-3-1-2-4-11(9)14/h1-4,6,8H,5,7H2. The zero-order valence-corrected chi connectivity index (χ0v) is 9.69. The molecule has 0 N–H and O–H groups in total. The van der Waals surface area contributed by atoms with E-state index in [0.29, 0.717) is 17.7 Å². The lowest BCUT2D eigenvalue weighted by Crippen LogP contribution is -2.03. The summed E-state index contributed by atoms with van der Waals surface area (Å²) >= 11 is 5.43. The number of hydrogen-bond acceptors (Lipinski definition) is 2. The van der Waals surface area contributed by atoms with E-state index in [0.717, 1.165) is 0 Å². The average molecular weight is 253 g/mol. The molecule has 2 aromatic rings. The molecule has 1 aromatic carbocycles. The normalized spacial score (nSPS) is 10.5. The molecule has 5 heteroatoms. The molecular weight excluding hydrogens is 243 g/mol. The van der Waals surface area contributed by atoms with E-state index < -0.39 is 0 Å². The number of halogens is 2. The van der Waals surface area contributed by atoms with Crippen LogP contribution < -0.4 is 0 Å². The molecule has 0 amide bonds. The monoisotopic (exact) mass is 252 g/mol. The minimum Gasteiger partial charge on any atom is -0.293 e. The van der Waals surface area contributed by atoms with Crippen molar-refractivity contribution in [3.63, 3.8) is 0 Å². The first kappa shape index (κ1) is 11.8. The minimum atomic E-state index is -0.284. The molecular formula is C12H10ClFN2O. The molecule has 1 heterocycles. The second kappa shape index (κ2) is 5.10. The summed E-state index contributed by atoms with van der Waals surface area (Å²) in [5, 5.41) is 3.99. The highest BCUT2D eigenvalue weighted by atomic mass is 35.5. The average Bonchev–Trinajstić information content (AvgIpc) is 2.80. The number of Topliss-reactive ketones (excluding diaryl/α,β-unsaturated/α-hetero) is 1. The summed E-state index contributed by atoms with van der Waals surface area (Å²) in [5.74, 6) is -0.551.